The van der Waals surface area contributed by atoms with Crippen LogP contribution in [0.3, 0.4) is 0 Å². The minimum Gasteiger partial charge on any atom is -0.325 e. The molecule has 0 aliphatic carbocycles. The fourth-order valence-electron chi connectivity index (χ4n) is 3.81. The van der Waals surface area contributed by atoms with Crippen LogP contribution in [0.5, 0.6) is 0 Å². The van der Waals surface area contributed by atoms with Crippen LogP contribution in [0.4, 0.5) is 5.69 Å². The fourth-order valence-corrected chi connectivity index (χ4v) is 3.81. The molecular formula is C22H21N3O. The average Bonchev–Trinajstić information content (AvgIpc) is 2.98. The Balaban J connectivity index is 1.64. The van der Waals surface area contributed by atoms with Crippen LogP contribution in [-0.2, 0) is 23.1 Å². The van der Waals surface area contributed by atoms with E-state index in [2.05, 4.69) is 21.4 Å². The second-order valence-corrected chi connectivity index (χ2v) is 6.79. The molecule has 1 N–H and O–H groups in total. The number of fused-ring (bicyclic) bond motifs is 1. The normalized spacial score (nSPS) is 14.7. The first-order valence-electron chi connectivity index (χ1n) is 8.97. The van der Waals surface area contributed by atoms with Crippen molar-refractivity contribution >= 4 is 11.6 Å². The second kappa shape index (κ2) is 7.08. The number of anilines is 1. The van der Waals surface area contributed by atoms with Crippen molar-refractivity contribution < 1.29 is 4.79 Å². The number of aryl methyl sites for hydroxylation is 2. The molecule has 0 unspecified atom stereocenters. The molecular weight excluding hydrogens is 322 g/mol. The van der Waals surface area contributed by atoms with Gasteiger partial charge in [-0.15, -0.1) is 0 Å². The van der Waals surface area contributed by atoms with Gasteiger partial charge in [0.1, 0.15) is 0 Å². The van der Waals surface area contributed by atoms with E-state index in [1.807, 2.05) is 67.3 Å². The molecule has 3 heterocycles. The number of nitrogens with zero attached hydrogens (tertiary/aromatic N) is 2. The molecule has 4 rings (SSSR count). The number of aromatic nitrogens is 2. The van der Waals surface area contributed by atoms with Gasteiger partial charge in [-0.3, -0.25) is 14.8 Å². The van der Waals surface area contributed by atoms with Crippen LogP contribution >= 0.6 is 0 Å². The Morgan fingerprint density at radius 3 is 1.88 bits per heavy atom. The van der Waals surface area contributed by atoms with Gasteiger partial charge < -0.3 is 5.32 Å². The van der Waals surface area contributed by atoms with Crippen LogP contribution < -0.4 is 5.32 Å². The van der Waals surface area contributed by atoms with Crippen molar-refractivity contribution in [1.29, 1.82) is 0 Å². The van der Waals surface area contributed by atoms with Gasteiger partial charge in [-0.2, -0.15) is 0 Å². The number of benzene rings is 1. The number of amides is 1. The summed E-state index contributed by atoms with van der Waals surface area (Å²) in [4.78, 5) is 21.2. The van der Waals surface area contributed by atoms with E-state index in [0.717, 1.165) is 36.9 Å². The molecule has 2 aromatic heterocycles. The smallest absolute Gasteiger partial charge is 0.235 e. The van der Waals surface area contributed by atoms with E-state index in [4.69, 9.17) is 0 Å². The van der Waals surface area contributed by atoms with Crippen LogP contribution in [0.25, 0.3) is 0 Å². The van der Waals surface area contributed by atoms with E-state index in [1.165, 1.54) is 11.1 Å². The summed E-state index contributed by atoms with van der Waals surface area (Å²) in [5, 5.41) is 3.10. The summed E-state index contributed by atoms with van der Waals surface area (Å²) in [5.74, 6) is 0.113. The highest BCUT2D eigenvalue weighted by atomic mass is 16.2. The van der Waals surface area contributed by atoms with Crippen molar-refractivity contribution in [2.24, 2.45) is 0 Å². The van der Waals surface area contributed by atoms with Gasteiger partial charge in [-0.1, -0.05) is 18.2 Å². The summed E-state index contributed by atoms with van der Waals surface area (Å²) in [5.41, 5.74) is 3.99. The standard InChI is InChI=1S/C22H21N3O/c26-21-22(11-5-17-7-13-23-14-8-17,12-6-18-9-15-24-16-10-18)19-3-1-2-4-20(19)25-21/h1-4,7-10,13-16H,5-6,11-12H2,(H,25,26). The van der Waals surface area contributed by atoms with E-state index < -0.39 is 5.41 Å². The van der Waals surface area contributed by atoms with Crippen LogP contribution in [-0.4, -0.2) is 15.9 Å². The largest absolute Gasteiger partial charge is 0.325 e. The molecule has 1 amide bonds. The first-order chi connectivity index (χ1) is 12.8. The second-order valence-electron chi connectivity index (χ2n) is 6.79. The molecule has 0 radical (unpaired) electrons. The van der Waals surface area contributed by atoms with Gasteiger partial charge in [-0.05, 0) is 72.7 Å². The molecule has 0 bridgehead atoms. The van der Waals surface area contributed by atoms with Crippen molar-refractivity contribution in [2.45, 2.75) is 31.1 Å². The van der Waals surface area contributed by atoms with Gasteiger partial charge in [0.05, 0.1) is 5.41 Å². The SMILES string of the molecule is O=C1Nc2ccccc2C1(CCc1ccncc1)CCc1ccncc1. The molecule has 0 saturated carbocycles. The molecule has 130 valence electrons. The highest BCUT2D eigenvalue weighted by molar-refractivity contribution is 6.06. The van der Waals surface area contributed by atoms with Gasteiger partial charge in [0, 0.05) is 30.5 Å². The van der Waals surface area contributed by atoms with E-state index >= 15 is 0 Å². The third-order valence-corrected chi connectivity index (χ3v) is 5.31. The summed E-state index contributed by atoms with van der Waals surface area (Å²) in [7, 11) is 0. The molecule has 0 atom stereocenters. The molecule has 0 fully saturated rings. The van der Waals surface area contributed by atoms with Gasteiger partial charge in [0.15, 0.2) is 0 Å². The lowest BCUT2D eigenvalue weighted by molar-refractivity contribution is -0.121. The van der Waals surface area contributed by atoms with Crippen molar-refractivity contribution in [3.05, 3.63) is 90.0 Å². The molecule has 1 aliphatic heterocycles. The predicted molar refractivity (Wildman–Crippen MR) is 102 cm³/mol. The molecule has 0 spiro atoms. The summed E-state index contributed by atoms with van der Waals surface area (Å²) in [6, 6.07) is 16.2. The molecule has 4 nitrogen and oxygen atoms in total. The van der Waals surface area contributed by atoms with Crippen LogP contribution in [0, 0.1) is 0 Å². The minimum atomic E-state index is -0.497. The van der Waals surface area contributed by atoms with Gasteiger partial charge in [0.2, 0.25) is 5.91 Å². The van der Waals surface area contributed by atoms with Gasteiger partial charge in [0.25, 0.3) is 0 Å². The number of pyridine rings is 2. The Bertz CT molecular complexity index is 850. The van der Waals surface area contributed by atoms with Crippen LogP contribution in [0.1, 0.15) is 29.5 Å². The van der Waals surface area contributed by atoms with E-state index in [0.29, 0.717) is 0 Å². The number of hydrogen-bond acceptors (Lipinski definition) is 3. The molecule has 0 saturated heterocycles. The number of hydrogen-bond donors (Lipinski definition) is 1. The van der Waals surface area contributed by atoms with Crippen molar-refractivity contribution in [1.82, 2.24) is 9.97 Å². The lowest BCUT2D eigenvalue weighted by Crippen LogP contribution is -2.35. The Hall–Kier alpha value is -3.01. The lowest BCUT2D eigenvalue weighted by Gasteiger charge is -2.28. The Kier molecular flexibility index (Phi) is 4.48. The highest BCUT2D eigenvalue weighted by Crippen LogP contribution is 2.44. The Labute approximate surface area is 153 Å². The number of rotatable bonds is 6. The molecule has 1 aromatic carbocycles. The maximum Gasteiger partial charge on any atom is 0.235 e. The predicted octanol–water partition coefficient (Wildman–Crippen LogP) is 3.93. The van der Waals surface area contributed by atoms with E-state index in [1.54, 1.807) is 0 Å². The molecule has 3 aromatic rings. The van der Waals surface area contributed by atoms with Crippen molar-refractivity contribution in [3.8, 4) is 0 Å². The minimum absolute atomic E-state index is 0.113. The van der Waals surface area contributed by atoms with Crippen molar-refractivity contribution in [3.63, 3.8) is 0 Å². The zero-order chi connectivity index (χ0) is 17.8. The summed E-state index contributed by atoms with van der Waals surface area (Å²) >= 11 is 0. The third kappa shape index (κ3) is 3.10. The van der Waals surface area contributed by atoms with Crippen LogP contribution in [0.15, 0.2) is 73.3 Å². The van der Waals surface area contributed by atoms with E-state index in [9.17, 15) is 4.79 Å². The quantitative estimate of drug-likeness (QED) is 0.738. The maximum atomic E-state index is 13.1. The number of nitrogens with one attached hydrogen (secondary N) is 1. The Morgan fingerprint density at radius 2 is 1.31 bits per heavy atom. The van der Waals surface area contributed by atoms with E-state index in [-0.39, 0.29) is 5.91 Å². The third-order valence-electron chi connectivity index (χ3n) is 5.31. The lowest BCUT2D eigenvalue weighted by atomic mass is 9.73. The number of para-hydroxylation sites is 1. The van der Waals surface area contributed by atoms with Crippen molar-refractivity contribution in [2.75, 3.05) is 5.32 Å². The maximum absolute atomic E-state index is 13.1. The number of carbonyl (C=O) groups is 1. The highest BCUT2D eigenvalue weighted by Gasteiger charge is 2.45. The zero-order valence-corrected chi connectivity index (χ0v) is 14.6. The molecule has 26 heavy (non-hydrogen) atoms. The molecule has 4 heteroatoms. The zero-order valence-electron chi connectivity index (χ0n) is 14.6. The van der Waals surface area contributed by atoms with Gasteiger partial charge >= 0.3 is 0 Å². The summed E-state index contributed by atoms with van der Waals surface area (Å²) in [6.45, 7) is 0. The van der Waals surface area contributed by atoms with Crippen LogP contribution in [0.2, 0.25) is 0 Å². The first kappa shape index (κ1) is 16.5. The monoisotopic (exact) mass is 343 g/mol. The Morgan fingerprint density at radius 1 is 0.769 bits per heavy atom. The van der Waals surface area contributed by atoms with Gasteiger partial charge in [-0.25, -0.2) is 0 Å². The summed E-state index contributed by atoms with van der Waals surface area (Å²) < 4.78 is 0. The molecule has 1 aliphatic rings. The number of carbonyl (C=O) groups excluding carboxylic acids is 1. The first-order valence-corrected chi connectivity index (χ1v) is 8.97. The average molecular weight is 343 g/mol. The topological polar surface area (TPSA) is 54.9 Å². The fraction of sp³-hybridized carbons (Fsp3) is 0.227. The summed E-state index contributed by atoms with van der Waals surface area (Å²) in [6.07, 6.45) is 10.5.